The SMILES string of the molecule is CCN1CCN(C(=O)N[C@@H](C(=O)N[C@H](C(=O)O)[C@@H]2NC(C(=O)O)=C(CSc3nnnn3C)CS2)c2ccc(O)cc2)C(=O)C1=O. The number of carbonyl (C=O) groups excluding carboxylic acids is 4. The minimum Gasteiger partial charge on any atom is -0.508 e. The van der Waals surface area contributed by atoms with Crippen molar-refractivity contribution >= 4 is 59.2 Å². The number of aromatic nitrogens is 4. The number of hydrogen-bond donors (Lipinski definition) is 6. The number of urea groups is 1. The lowest BCUT2D eigenvalue weighted by atomic mass is 10.1. The van der Waals surface area contributed by atoms with Gasteiger partial charge in [-0.2, -0.15) is 0 Å². The smallest absolute Gasteiger partial charge is 0.352 e. The molecular weight excluding hydrogens is 634 g/mol. The number of benzene rings is 1. The predicted octanol–water partition coefficient (Wildman–Crippen LogP) is -1.28. The number of phenols is 1. The van der Waals surface area contributed by atoms with E-state index in [0.29, 0.717) is 15.6 Å². The van der Waals surface area contributed by atoms with E-state index in [4.69, 9.17) is 0 Å². The molecule has 1 saturated heterocycles. The van der Waals surface area contributed by atoms with Gasteiger partial charge in [-0.25, -0.2) is 19.1 Å². The molecule has 2 aliphatic heterocycles. The Bertz CT molecular complexity index is 1530. The van der Waals surface area contributed by atoms with Crippen LogP contribution in [0.2, 0.25) is 0 Å². The summed E-state index contributed by atoms with van der Waals surface area (Å²) < 4.78 is 1.41. The fourth-order valence-corrected chi connectivity index (χ4v) is 6.59. The number of aromatic hydroxyl groups is 1. The van der Waals surface area contributed by atoms with Crippen molar-refractivity contribution in [3.05, 3.63) is 41.1 Å². The quantitative estimate of drug-likeness (QED) is 0.121. The van der Waals surface area contributed by atoms with E-state index in [1.807, 2.05) is 0 Å². The molecule has 1 aromatic heterocycles. The van der Waals surface area contributed by atoms with Crippen molar-refractivity contribution in [1.29, 1.82) is 0 Å². The second-order valence-electron chi connectivity index (χ2n) is 9.67. The van der Waals surface area contributed by atoms with E-state index in [1.54, 1.807) is 14.0 Å². The minimum absolute atomic E-state index is 0.0889. The topological polar surface area (TPSA) is 249 Å². The third-order valence-corrected chi connectivity index (χ3v) is 9.17. The van der Waals surface area contributed by atoms with Gasteiger partial charge in [0.1, 0.15) is 22.9 Å². The summed E-state index contributed by atoms with van der Waals surface area (Å²) in [7, 11) is 1.62. The summed E-state index contributed by atoms with van der Waals surface area (Å²) in [6, 6.07) is 0.795. The maximum absolute atomic E-state index is 13.6. The summed E-state index contributed by atoms with van der Waals surface area (Å²) in [6.07, 6.45) is 0. The number of carboxylic acids is 2. The van der Waals surface area contributed by atoms with Crippen molar-refractivity contribution in [2.24, 2.45) is 7.05 Å². The number of carbonyl (C=O) groups is 6. The van der Waals surface area contributed by atoms with Gasteiger partial charge in [0.15, 0.2) is 6.04 Å². The molecule has 1 fully saturated rings. The third kappa shape index (κ3) is 7.63. The summed E-state index contributed by atoms with van der Waals surface area (Å²) in [4.78, 5) is 77.9. The number of piperazine rings is 1. The molecule has 240 valence electrons. The normalized spacial score (nSPS) is 18.2. The van der Waals surface area contributed by atoms with Gasteiger partial charge in [0, 0.05) is 38.2 Å². The second kappa shape index (κ2) is 14.3. The molecule has 18 nitrogen and oxygen atoms in total. The second-order valence-corrected chi connectivity index (χ2v) is 11.7. The highest BCUT2D eigenvalue weighted by Crippen LogP contribution is 2.29. The van der Waals surface area contributed by atoms with Crippen LogP contribution in [-0.2, 0) is 31.0 Å². The largest absolute Gasteiger partial charge is 0.508 e. The molecule has 0 spiro atoms. The van der Waals surface area contributed by atoms with Gasteiger partial charge in [-0.15, -0.1) is 16.9 Å². The number of nitrogens with zero attached hydrogens (tertiary/aromatic N) is 6. The van der Waals surface area contributed by atoms with Crippen molar-refractivity contribution < 1.29 is 44.1 Å². The van der Waals surface area contributed by atoms with Gasteiger partial charge in [0.2, 0.25) is 11.1 Å². The summed E-state index contributed by atoms with van der Waals surface area (Å²) in [6.45, 7) is 1.90. The van der Waals surface area contributed by atoms with Gasteiger partial charge >= 0.3 is 29.8 Å². The molecular formula is C25H29N9O9S2. The number of likely N-dealkylation sites (N-methyl/N-ethyl adjacent to an activating group) is 1. The van der Waals surface area contributed by atoms with E-state index in [9.17, 15) is 44.1 Å². The van der Waals surface area contributed by atoms with Crippen LogP contribution in [0.1, 0.15) is 18.5 Å². The number of hydrogen-bond acceptors (Lipinski definition) is 13. The maximum Gasteiger partial charge on any atom is 0.352 e. The number of aliphatic carboxylic acids is 2. The minimum atomic E-state index is -1.68. The number of imide groups is 1. The first-order chi connectivity index (χ1) is 21.4. The van der Waals surface area contributed by atoms with Crippen molar-refractivity contribution in [3.8, 4) is 5.75 Å². The van der Waals surface area contributed by atoms with Crippen LogP contribution < -0.4 is 16.0 Å². The maximum atomic E-state index is 13.6. The first kappa shape index (κ1) is 33.1. The zero-order valence-corrected chi connectivity index (χ0v) is 25.5. The van der Waals surface area contributed by atoms with Crippen LogP contribution >= 0.6 is 23.5 Å². The first-order valence-corrected chi connectivity index (χ1v) is 15.4. The Morgan fingerprint density at radius 2 is 1.82 bits per heavy atom. The molecule has 0 unspecified atom stereocenters. The molecule has 2 aromatic rings. The number of amides is 5. The van der Waals surface area contributed by atoms with Gasteiger partial charge in [-0.1, -0.05) is 23.9 Å². The van der Waals surface area contributed by atoms with Gasteiger partial charge in [0.25, 0.3) is 0 Å². The van der Waals surface area contributed by atoms with E-state index in [2.05, 4.69) is 31.5 Å². The van der Waals surface area contributed by atoms with Crippen molar-refractivity contribution in [1.82, 2.24) is 46.0 Å². The van der Waals surface area contributed by atoms with Crippen LogP contribution in [0.5, 0.6) is 5.75 Å². The van der Waals surface area contributed by atoms with E-state index in [-0.39, 0.29) is 48.1 Å². The summed E-state index contributed by atoms with van der Waals surface area (Å²) >= 11 is 2.23. The van der Waals surface area contributed by atoms with Crippen LogP contribution in [-0.4, -0.2) is 124 Å². The Kier molecular flexibility index (Phi) is 10.5. The Balaban J connectivity index is 1.53. The highest BCUT2D eigenvalue weighted by Gasteiger charge is 2.40. The first-order valence-electron chi connectivity index (χ1n) is 13.3. The number of rotatable bonds is 11. The molecule has 2 aliphatic rings. The molecule has 0 aliphatic carbocycles. The zero-order valence-electron chi connectivity index (χ0n) is 23.9. The van der Waals surface area contributed by atoms with Crippen LogP contribution in [0, 0.1) is 0 Å². The molecule has 3 atom stereocenters. The van der Waals surface area contributed by atoms with Gasteiger partial charge < -0.3 is 36.2 Å². The molecule has 20 heteroatoms. The van der Waals surface area contributed by atoms with E-state index in [1.165, 1.54) is 45.6 Å². The number of carboxylic acid groups (broad SMARTS) is 2. The molecule has 45 heavy (non-hydrogen) atoms. The molecule has 1 aromatic carbocycles. The highest BCUT2D eigenvalue weighted by molar-refractivity contribution is 8.00. The lowest BCUT2D eigenvalue weighted by Gasteiger charge is -2.34. The number of phenolic OH excluding ortho intramolecular Hbond substituents is 1. The van der Waals surface area contributed by atoms with E-state index >= 15 is 0 Å². The lowest BCUT2D eigenvalue weighted by Crippen LogP contribution is -2.60. The van der Waals surface area contributed by atoms with Gasteiger partial charge in [0.05, 0.1) is 0 Å². The molecule has 5 amide bonds. The lowest BCUT2D eigenvalue weighted by molar-refractivity contribution is -0.153. The molecule has 6 N–H and O–H groups in total. The molecule has 4 rings (SSSR count). The van der Waals surface area contributed by atoms with Crippen LogP contribution in [0.3, 0.4) is 0 Å². The fourth-order valence-electron chi connectivity index (χ4n) is 4.39. The van der Waals surface area contributed by atoms with Gasteiger partial charge in [-0.05, 0) is 40.6 Å². The Morgan fingerprint density at radius 1 is 1.11 bits per heavy atom. The van der Waals surface area contributed by atoms with Crippen molar-refractivity contribution in [3.63, 3.8) is 0 Å². The van der Waals surface area contributed by atoms with Crippen LogP contribution in [0.4, 0.5) is 4.79 Å². The zero-order chi connectivity index (χ0) is 32.8. The summed E-state index contributed by atoms with van der Waals surface area (Å²) in [5.41, 5.74) is 0.338. The van der Waals surface area contributed by atoms with Gasteiger partial charge in [-0.3, -0.25) is 19.3 Å². The Hall–Kier alpha value is -4.85. The average Bonchev–Trinajstić information content (AvgIpc) is 3.43. The van der Waals surface area contributed by atoms with Crippen molar-refractivity contribution in [2.75, 3.05) is 31.1 Å². The Morgan fingerprint density at radius 3 is 2.42 bits per heavy atom. The number of aryl methyl sites for hydroxylation is 1. The highest BCUT2D eigenvalue weighted by atomic mass is 32.2. The van der Waals surface area contributed by atoms with Crippen molar-refractivity contribution in [2.45, 2.75) is 29.5 Å². The molecule has 3 heterocycles. The summed E-state index contributed by atoms with van der Waals surface area (Å²) in [5.74, 6) is -5.66. The van der Waals surface area contributed by atoms with Crippen LogP contribution in [0.25, 0.3) is 0 Å². The average molecular weight is 664 g/mol. The molecule has 0 radical (unpaired) electrons. The number of tetrazole rings is 1. The van der Waals surface area contributed by atoms with Crippen LogP contribution in [0.15, 0.2) is 40.7 Å². The fraction of sp³-hybridized carbons (Fsp3) is 0.400. The summed E-state index contributed by atoms with van der Waals surface area (Å²) in [5, 5.41) is 47.4. The number of nitrogens with one attached hydrogen (secondary N) is 3. The van der Waals surface area contributed by atoms with E-state index in [0.717, 1.165) is 11.8 Å². The predicted molar refractivity (Wildman–Crippen MR) is 156 cm³/mol. The monoisotopic (exact) mass is 663 g/mol. The molecule has 0 bridgehead atoms. The standard InChI is InChI=1S/C25H29N9O9S2/c1-3-33-8-9-34(21(38)20(33)37)24(43)28-15(12-4-6-14(35)7-5-12)18(36)26-17(23(41)42)19-27-16(22(39)40)13(10-44-19)11-45-25-29-30-31-32(25)2/h4-7,15,17,19,27,35H,3,8-11H2,1-2H3,(H,26,36)(H,28,43)(H,39,40)(H,41,42)/t15-,17+,19-/m1/s1. The van der Waals surface area contributed by atoms with E-state index < -0.39 is 53.1 Å². The number of thioether (sulfide) groups is 2. The Labute approximate surface area is 263 Å². The molecule has 0 saturated carbocycles. The third-order valence-electron chi connectivity index (χ3n) is 6.81.